The topological polar surface area (TPSA) is 90.5 Å². The van der Waals surface area contributed by atoms with E-state index in [4.69, 9.17) is 0 Å². The monoisotopic (exact) mass is 306 g/mol. The van der Waals surface area contributed by atoms with Crippen LogP contribution in [0, 0.1) is 0 Å². The van der Waals surface area contributed by atoms with Gasteiger partial charge in [0.2, 0.25) is 15.9 Å². The lowest BCUT2D eigenvalue weighted by Crippen LogP contribution is -2.37. The normalized spacial score (nSPS) is 11.6. The number of hydrogen-bond acceptors (Lipinski definition) is 5. The molecule has 0 aliphatic rings. The molecule has 0 spiro atoms. The minimum atomic E-state index is -3.09. The van der Waals surface area contributed by atoms with Crippen molar-refractivity contribution >= 4 is 15.9 Å². The molecule has 7 nitrogen and oxygen atoms in total. The molecule has 0 heterocycles. The fraction of sp³-hybridized carbons (Fsp3) is 0.750. The molecule has 0 aromatic rings. The highest BCUT2D eigenvalue weighted by molar-refractivity contribution is 7.88. The van der Waals surface area contributed by atoms with Gasteiger partial charge in [0.05, 0.1) is 6.26 Å². The second-order valence-electron chi connectivity index (χ2n) is 4.62. The number of nitrogens with zero attached hydrogens (tertiary/aromatic N) is 1. The van der Waals surface area contributed by atoms with Crippen molar-refractivity contribution in [1.29, 1.82) is 0 Å². The maximum Gasteiger partial charge on any atom is 0.246 e. The van der Waals surface area contributed by atoms with Crippen LogP contribution < -0.4 is 16.0 Å². The second-order valence-corrected chi connectivity index (χ2v) is 6.71. The van der Waals surface area contributed by atoms with E-state index in [0.29, 0.717) is 31.8 Å². The minimum Gasteiger partial charge on any atom is -0.351 e. The number of likely N-dealkylation sites (N-methyl/N-ethyl adjacent to an activating group) is 1. The van der Waals surface area contributed by atoms with Gasteiger partial charge >= 0.3 is 0 Å². The number of hydrogen-bond donors (Lipinski definition) is 3. The van der Waals surface area contributed by atoms with Crippen LogP contribution in [0.15, 0.2) is 12.2 Å². The van der Waals surface area contributed by atoms with Crippen LogP contribution in [-0.4, -0.2) is 71.2 Å². The van der Waals surface area contributed by atoms with E-state index in [0.717, 1.165) is 13.1 Å². The lowest BCUT2D eigenvalue weighted by atomic mass is 10.3. The molecule has 0 unspecified atom stereocenters. The average Bonchev–Trinajstić information content (AvgIpc) is 2.34. The van der Waals surface area contributed by atoms with Gasteiger partial charge in [0.1, 0.15) is 0 Å². The van der Waals surface area contributed by atoms with E-state index < -0.39 is 10.0 Å². The number of amides is 1. The first-order chi connectivity index (χ1) is 9.25. The SMILES string of the molecule is C=C(C)C(=O)NCCNCCNCCN(C)S(C)(=O)=O. The van der Waals surface area contributed by atoms with E-state index in [2.05, 4.69) is 22.5 Å². The van der Waals surface area contributed by atoms with Crippen LogP contribution in [0.2, 0.25) is 0 Å². The van der Waals surface area contributed by atoms with Crippen molar-refractivity contribution in [2.24, 2.45) is 0 Å². The molecule has 0 radical (unpaired) electrons. The molecule has 0 saturated heterocycles. The lowest BCUT2D eigenvalue weighted by Gasteiger charge is -2.14. The molecular formula is C12H26N4O3S. The summed E-state index contributed by atoms with van der Waals surface area (Å²) in [6, 6.07) is 0. The summed E-state index contributed by atoms with van der Waals surface area (Å²) < 4.78 is 23.5. The fourth-order valence-corrected chi connectivity index (χ4v) is 1.67. The largest absolute Gasteiger partial charge is 0.351 e. The van der Waals surface area contributed by atoms with E-state index in [1.807, 2.05) is 0 Å². The van der Waals surface area contributed by atoms with Crippen LogP contribution in [0.25, 0.3) is 0 Å². The molecule has 0 atom stereocenters. The van der Waals surface area contributed by atoms with Gasteiger partial charge in [0.25, 0.3) is 0 Å². The molecule has 1 amide bonds. The van der Waals surface area contributed by atoms with Gasteiger partial charge in [-0.05, 0) is 6.92 Å². The first-order valence-electron chi connectivity index (χ1n) is 6.51. The quantitative estimate of drug-likeness (QED) is 0.328. The Bertz CT molecular complexity index is 409. The summed E-state index contributed by atoms with van der Waals surface area (Å²) in [7, 11) is -1.54. The number of nitrogens with one attached hydrogen (secondary N) is 3. The molecule has 0 aromatic heterocycles. The third-order valence-corrected chi connectivity index (χ3v) is 3.94. The maximum atomic E-state index is 11.2. The number of carbonyl (C=O) groups is 1. The van der Waals surface area contributed by atoms with Gasteiger partial charge in [-0.1, -0.05) is 6.58 Å². The Hall–Kier alpha value is -0.960. The lowest BCUT2D eigenvalue weighted by molar-refractivity contribution is -0.117. The summed E-state index contributed by atoms with van der Waals surface area (Å²) in [5.41, 5.74) is 0.502. The first-order valence-corrected chi connectivity index (χ1v) is 8.36. The molecule has 0 aliphatic carbocycles. The van der Waals surface area contributed by atoms with E-state index in [1.165, 1.54) is 10.6 Å². The highest BCUT2D eigenvalue weighted by atomic mass is 32.2. The summed E-state index contributed by atoms with van der Waals surface area (Å²) in [5, 5.41) is 9.02. The molecule has 0 bridgehead atoms. The van der Waals surface area contributed by atoms with Crippen molar-refractivity contribution < 1.29 is 13.2 Å². The maximum absolute atomic E-state index is 11.2. The van der Waals surface area contributed by atoms with Crippen molar-refractivity contribution in [3.63, 3.8) is 0 Å². The van der Waals surface area contributed by atoms with Gasteiger partial charge in [-0.3, -0.25) is 4.79 Å². The summed E-state index contributed by atoms with van der Waals surface area (Å²) in [5.74, 6) is -0.131. The molecule has 0 saturated carbocycles. The Morgan fingerprint density at radius 3 is 2.10 bits per heavy atom. The molecule has 118 valence electrons. The van der Waals surface area contributed by atoms with E-state index >= 15 is 0 Å². The second kappa shape index (κ2) is 9.87. The Morgan fingerprint density at radius 2 is 1.60 bits per heavy atom. The van der Waals surface area contributed by atoms with Gasteiger partial charge in [0, 0.05) is 51.9 Å². The van der Waals surface area contributed by atoms with Crippen LogP contribution in [0.1, 0.15) is 6.92 Å². The van der Waals surface area contributed by atoms with Gasteiger partial charge in [-0.2, -0.15) is 0 Å². The molecular weight excluding hydrogens is 280 g/mol. The smallest absolute Gasteiger partial charge is 0.246 e. The van der Waals surface area contributed by atoms with E-state index in [-0.39, 0.29) is 5.91 Å². The van der Waals surface area contributed by atoms with E-state index in [9.17, 15) is 13.2 Å². The highest BCUT2D eigenvalue weighted by Gasteiger charge is 2.08. The Labute approximate surface area is 121 Å². The summed E-state index contributed by atoms with van der Waals surface area (Å²) in [6.07, 6.45) is 1.19. The van der Waals surface area contributed by atoms with Crippen molar-refractivity contribution in [3.8, 4) is 0 Å². The molecule has 0 fully saturated rings. The molecule has 3 N–H and O–H groups in total. The standard InChI is InChI=1S/C12H26N4O3S/c1-11(2)12(17)15-8-7-13-5-6-14-9-10-16(3)20(4,18)19/h13-14H,1,5-10H2,2-4H3,(H,15,17). The van der Waals surface area contributed by atoms with Crippen LogP contribution >= 0.6 is 0 Å². The molecule has 0 aliphatic heterocycles. The first kappa shape index (κ1) is 19.0. The fourth-order valence-electron chi connectivity index (χ4n) is 1.24. The van der Waals surface area contributed by atoms with Crippen LogP contribution in [0.4, 0.5) is 0 Å². The predicted molar refractivity (Wildman–Crippen MR) is 81.0 cm³/mol. The Morgan fingerprint density at radius 1 is 1.10 bits per heavy atom. The third kappa shape index (κ3) is 9.90. The van der Waals surface area contributed by atoms with Crippen molar-refractivity contribution in [2.75, 3.05) is 52.6 Å². The molecule has 0 rings (SSSR count). The molecule has 20 heavy (non-hydrogen) atoms. The van der Waals surface area contributed by atoms with Crippen molar-refractivity contribution in [2.45, 2.75) is 6.92 Å². The van der Waals surface area contributed by atoms with Crippen LogP contribution in [-0.2, 0) is 14.8 Å². The van der Waals surface area contributed by atoms with Crippen molar-refractivity contribution in [1.82, 2.24) is 20.3 Å². The Balaban J connectivity index is 3.38. The summed E-state index contributed by atoms with van der Waals surface area (Å²) in [6.45, 7) is 9.01. The number of rotatable bonds is 11. The zero-order valence-electron chi connectivity index (χ0n) is 12.5. The molecule has 0 aromatic carbocycles. The number of sulfonamides is 1. The zero-order valence-corrected chi connectivity index (χ0v) is 13.3. The van der Waals surface area contributed by atoms with Crippen LogP contribution in [0.3, 0.4) is 0 Å². The average molecular weight is 306 g/mol. The minimum absolute atomic E-state index is 0.131. The predicted octanol–water partition coefficient (Wildman–Crippen LogP) is -1.25. The van der Waals surface area contributed by atoms with Crippen LogP contribution in [0.5, 0.6) is 0 Å². The van der Waals surface area contributed by atoms with E-state index in [1.54, 1.807) is 14.0 Å². The zero-order chi connectivity index (χ0) is 15.6. The van der Waals surface area contributed by atoms with Gasteiger partial charge < -0.3 is 16.0 Å². The molecule has 8 heteroatoms. The van der Waals surface area contributed by atoms with Gasteiger partial charge in [-0.15, -0.1) is 0 Å². The summed E-state index contributed by atoms with van der Waals surface area (Å²) >= 11 is 0. The summed E-state index contributed by atoms with van der Waals surface area (Å²) in [4.78, 5) is 11.2. The highest BCUT2D eigenvalue weighted by Crippen LogP contribution is 1.89. The number of carbonyl (C=O) groups excluding carboxylic acids is 1. The third-order valence-electron chi connectivity index (χ3n) is 2.62. The van der Waals surface area contributed by atoms with Gasteiger partial charge in [0.15, 0.2) is 0 Å². The van der Waals surface area contributed by atoms with Crippen molar-refractivity contribution in [3.05, 3.63) is 12.2 Å². The van der Waals surface area contributed by atoms with Gasteiger partial charge in [-0.25, -0.2) is 12.7 Å². The Kier molecular flexibility index (Phi) is 9.39.